The van der Waals surface area contributed by atoms with E-state index in [1.165, 1.54) is 17.0 Å². The highest BCUT2D eigenvalue weighted by Crippen LogP contribution is 2.27. The van der Waals surface area contributed by atoms with Gasteiger partial charge >= 0.3 is 0 Å². The van der Waals surface area contributed by atoms with Crippen molar-refractivity contribution in [3.63, 3.8) is 0 Å². The lowest BCUT2D eigenvalue weighted by Gasteiger charge is -2.32. The number of sulfonamides is 1. The third-order valence-corrected chi connectivity index (χ3v) is 8.05. The Morgan fingerprint density at radius 3 is 2.29 bits per heavy atom. The van der Waals surface area contributed by atoms with Crippen LogP contribution in [0.1, 0.15) is 30.5 Å². The molecule has 0 unspecified atom stereocenters. The Balaban J connectivity index is 2.04. The summed E-state index contributed by atoms with van der Waals surface area (Å²) >= 11 is 0. The van der Waals surface area contributed by atoms with Gasteiger partial charge in [0.2, 0.25) is 11.8 Å². The summed E-state index contributed by atoms with van der Waals surface area (Å²) in [4.78, 5) is 28.2. The number of anilines is 1. The molecule has 0 radical (unpaired) electrons. The van der Waals surface area contributed by atoms with Gasteiger partial charge in [0.25, 0.3) is 10.0 Å². The molecule has 0 aromatic heterocycles. The standard InChI is InChI=1S/C29H35N3O5S/c1-6-30-29(34)23(4)31(19-24-11-9-12-25(18-24)37-5)28(33)20-32(27-13-8-7-10-22(27)3)38(35,36)26-16-14-21(2)15-17-26/h7-18,23H,6,19-20H2,1-5H3,(H,30,34)/t23-/m1/s1. The minimum absolute atomic E-state index is 0.0790. The second kappa shape index (κ2) is 12.6. The van der Waals surface area contributed by atoms with Crippen LogP contribution < -0.4 is 14.4 Å². The van der Waals surface area contributed by atoms with Crippen LogP contribution in [0.3, 0.4) is 0 Å². The zero-order valence-corrected chi connectivity index (χ0v) is 23.3. The van der Waals surface area contributed by atoms with Crippen LogP contribution >= 0.6 is 0 Å². The lowest BCUT2D eigenvalue weighted by molar-refractivity contribution is -0.139. The molecule has 1 atom stereocenters. The second-order valence-electron chi connectivity index (χ2n) is 9.05. The molecule has 1 N–H and O–H groups in total. The number of nitrogens with zero attached hydrogens (tertiary/aromatic N) is 2. The predicted octanol–water partition coefficient (Wildman–Crippen LogP) is 4.06. The maximum Gasteiger partial charge on any atom is 0.264 e. The maximum absolute atomic E-state index is 13.9. The minimum Gasteiger partial charge on any atom is -0.497 e. The van der Waals surface area contributed by atoms with Crippen LogP contribution in [0.25, 0.3) is 0 Å². The number of carbonyl (C=O) groups excluding carboxylic acids is 2. The van der Waals surface area contributed by atoms with Gasteiger partial charge in [-0.3, -0.25) is 13.9 Å². The molecule has 9 heteroatoms. The lowest BCUT2D eigenvalue weighted by atomic mass is 10.1. The molecule has 2 amide bonds. The van der Waals surface area contributed by atoms with Crippen molar-refractivity contribution >= 4 is 27.5 Å². The molecule has 202 valence electrons. The zero-order valence-electron chi connectivity index (χ0n) is 22.5. The van der Waals surface area contributed by atoms with Gasteiger partial charge in [-0.25, -0.2) is 8.42 Å². The van der Waals surface area contributed by atoms with Crippen LogP contribution in [-0.4, -0.2) is 51.4 Å². The van der Waals surface area contributed by atoms with Crippen molar-refractivity contribution < 1.29 is 22.7 Å². The van der Waals surface area contributed by atoms with Gasteiger partial charge in [0.15, 0.2) is 0 Å². The molecule has 0 bridgehead atoms. The summed E-state index contributed by atoms with van der Waals surface area (Å²) in [6.07, 6.45) is 0. The van der Waals surface area contributed by atoms with Gasteiger partial charge in [-0.2, -0.15) is 0 Å². The molecular weight excluding hydrogens is 502 g/mol. The third-order valence-electron chi connectivity index (χ3n) is 6.28. The van der Waals surface area contributed by atoms with E-state index in [9.17, 15) is 18.0 Å². The van der Waals surface area contributed by atoms with Crippen LogP contribution in [-0.2, 0) is 26.2 Å². The smallest absolute Gasteiger partial charge is 0.264 e. The quantitative estimate of drug-likeness (QED) is 0.398. The first-order valence-electron chi connectivity index (χ1n) is 12.4. The molecule has 0 saturated heterocycles. The second-order valence-corrected chi connectivity index (χ2v) is 10.9. The summed E-state index contributed by atoms with van der Waals surface area (Å²) < 4.78 is 34.2. The SMILES string of the molecule is CCNC(=O)[C@@H](C)N(Cc1cccc(OC)c1)C(=O)CN(c1ccccc1C)S(=O)(=O)c1ccc(C)cc1. The molecule has 38 heavy (non-hydrogen) atoms. The summed E-state index contributed by atoms with van der Waals surface area (Å²) in [5, 5.41) is 2.76. The number of methoxy groups -OCH3 is 1. The summed E-state index contributed by atoms with van der Waals surface area (Å²) in [5.41, 5.74) is 2.76. The Morgan fingerprint density at radius 1 is 0.974 bits per heavy atom. The highest BCUT2D eigenvalue weighted by molar-refractivity contribution is 7.92. The number of hydrogen-bond acceptors (Lipinski definition) is 5. The highest BCUT2D eigenvalue weighted by atomic mass is 32.2. The predicted molar refractivity (Wildman–Crippen MR) is 149 cm³/mol. The maximum atomic E-state index is 13.9. The van der Waals surface area contributed by atoms with Crippen molar-refractivity contribution in [3.8, 4) is 5.75 Å². The fraction of sp³-hybridized carbons (Fsp3) is 0.310. The average molecular weight is 538 g/mol. The van der Waals surface area contributed by atoms with Crippen molar-refractivity contribution in [2.45, 2.75) is 45.2 Å². The summed E-state index contributed by atoms with van der Waals surface area (Å²) in [6, 6.07) is 19.9. The molecule has 0 saturated carbocycles. The van der Waals surface area contributed by atoms with Crippen molar-refractivity contribution in [2.75, 3.05) is 24.5 Å². The first kappa shape index (κ1) is 28.7. The molecular formula is C29H35N3O5S. The number of ether oxygens (including phenoxy) is 1. The Kier molecular flexibility index (Phi) is 9.52. The first-order chi connectivity index (χ1) is 18.1. The van der Waals surface area contributed by atoms with Crippen molar-refractivity contribution in [2.24, 2.45) is 0 Å². The van der Waals surface area contributed by atoms with Gasteiger partial charge in [-0.15, -0.1) is 0 Å². The summed E-state index contributed by atoms with van der Waals surface area (Å²) in [7, 11) is -2.55. The zero-order chi connectivity index (χ0) is 27.9. The topological polar surface area (TPSA) is 96.0 Å². The fourth-order valence-electron chi connectivity index (χ4n) is 4.07. The largest absolute Gasteiger partial charge is 0.497 e. The molecule has 0 heterocycles. The van der Waals surface area contributed by atoms with E-state index in [4.69, 9.17) is 4.74 Å². The van der Waals surface area contributed by atoms with Gasteiger partial charge in [-0.1, -0.05) is 48.0 Å². The van der Waals surface area contributed by atoms with E-state index in [1.807, 2.05) is 19.1 Å². The number of benzene rings is 3. The summed E-state index contributed by atoms with van der Waals surface area (Å²) in [6.45, 7) is 7.13. The number of aryl methyl sites for hydroxylation is 2. The van der Waals surface area contributed by atoms with E-state index in [1.54, 1.807) is 76.4 Å². The van der Waals surface area contributed by atoms with Crippen LogP contribution in [0, 0.1) is 13.8 Å². The first-order valence-corrected chi connectivity index (χ1v) is 13.9. The van der Waals surface area contributed by atoms with Gasteiger partial charge < -0.3 is 15.0 Å². The van der Waals surface area contributed by atoms with E-state index >= 15 is 0 Å². The third kappa shape index (κ3) is 6.72. The molecule has 0 aliphatic rings. The molecule has 3 aromatic rings. The Morgan fingerprint density at radius 2 is 1.66 bits per heavy atom. The molecule has 0 aliphatic heterocycles. The van der Waals surface area contributed by atoms with Crippen molar-refractivity contribution in [1.29, 1.82) is 0 Å². The van der Waals surface area contributed by atoms with Crippen LogP contribution in [0.5, 0.6) is 5.75 Å². The molecule has 8 nitrogen and oxygen atoms in total. The number of nitrogens with one attached hydrogen (secondary N) is 1. The van der Waals surface area contributed by atoms with Gasteiger partial charge in [0, 0.05) is 13.1 Å². The van der Waals surface area contributed by atoms with Gasteiger partial charge in [0.05, 0.1) is 17.7 Å². The van der Waals surface area contributed by atoms with E-state index < -0.39 is 28.5 Å². The van der Waals surface area contributed by atoms with E-state index in [0.717, 1.165) is 15.4 Å². The number of likely N-dealkylation sites (N-methyl/N-ethyl adjacent to an activating group) is 1. The molecule has 0 fully saturated rings. The number of amides is 2. The van der Waals surface area contributed by atoms with Crippen molar-refractivity contribution in [1.82, 2.24) is 10.2 Å². The fourth-order valence-corrected chi connectivity index (χ4v) is 5.54. The Labute approximate surface area is 225 Å². The van der Waals surface area contributed by atoms with E-state index in [-0.39, 0.29) is 17.3 Å². The molecule has 3 rings (SSSR count). The van der Waals surface area contributed by atoms with Crippen LogP contribution in [0.4, 0.5) is 5.69 Å². The average Bonchev–Trinajstić information content (AvgIpc) is 2.90. The van der Waals surface area contributed by atoms with Crippen molar-refractivity contribution in [3.05, 3.63) is 89.5 Å². The number of hydrogen-bond donors (Lipinski definition) is 1. The van der Waals surface area contributed by atoms with E-state index in [2.05, 4.69) is 5.32 Å². The molecule has 0 spiro atoms. The number of para-hydroxylation sites is 1. The molecule has 3 aromatic carbocycles. The van der Waals surface area contributed by atoms with Gasteiger partial charge in [-0.05, 0) is 69.2 Å². The summed E-state index contributed by atoms with van der Waals surface area (Å²) in [5.74, 6) is -0.220. The number of carbonyl (C=O) groups is 2. The van der Waals surface area contributed by atoms with E-state index in [0.29, 0.717) is 23.5 Å². The van der Waals surface area contributed by atoms with Crippen LogP contribution in [0.2, 0.25) is 0 Å². The lowest BCUT2D eigenvalue weighted by Crippen LogP contribution is -2.51. The highest BCUT2D eigenvalue weighted by Gasteiger charge is 2.33. The van der Waals surface area contributed by atoms with Crippen LogP contribution in [0.15, 0.2) is 77.7 Å². The normalized spacial score (nSPS) is 11.9. The number of rotatable bonds is 11. The Bertz CT molecular complexity index is 1370. The Hall–Kier alpha value is -3.85. The monoisotopic (exact) mass is 537 g/mol. The van der Waals surface area contributed by atoms with Gasteiger partial charge in [0.1, 0.15) is 18.3 Å². The molecule has 0 aliphatic carbocycles. The minimum atomic E-state index is -4.10.